The molecule has 0 saturated carbocycles. The van der Waals surface area contributed by atoms with Gasteiger partial charge in [0.2, 0.25) is 0 Å². The largest absolute Gasteiger partial charge is 0.481 e. The van der Waals surface area contributed by atoms with Gasteiger partial charge in [-0.1, -0.05) is 31.4 Å². The standard InChI is InChI=1S/C18H21FN2O3S/c19-14-9-6-5-8-13(14)18-21-12-15(25-18)17(24)20-11-7-3-1-2-4-10-16(22)23/h5-6,8-9,12H,1-4,7,10-11H2,(H,20,24)(H,22,23). The van der Waals surface area contributed by atoms with Gasteiger partial charge in [0.1, 0.15) is 15.7 Å². The predicted molar refractivity (Wildman–Crippen MR) is 95.2 cm³/mol. The quantitative estimate of drug-likeness (QED) is 0.622. The molecular weight excluding hydrogens is 343 g/mol. The number of aromatic nitrogens is 1. The van der Waals surface area contributed by atoms with Crippen LogP contribution in [0.5, 0.6) is 0 Å². The number of hydrogen-bond donors (Lipinski definition) is 2. The molecule has 2 N–H and O–H groups in total. The molecule has 0 aliphatic carbocycles. The lowest BCUT2D eigenvalue weighted by molar-refractivity contribution is -0.137. The molecule has 0 aliphatic heterocycles. The minimum atomic E-state index is -0.758. The number of carbonyl (C=O) groups is 2. The van der Waals surface area contributed by atoms with E-state index in [1.54, 1.807) is 18.2 Å². The van der Waals surface area contributed by atoms with Gasteiger partial charge in [-0.2, -0.15) is 0 Å². The Balaban J connectivity index is 1.70. The third kappa shape index (κ3) is 6.26. The Kier molecular flexibility index (Phi) is 7.53. The summed E-state index contributed by atoms with van der Waals surface area (Å²) < 4.78 is 13.7. The summed E-state index contributed by atoms with van der Waals surface area (Å²) in [7, 11) is 0. The van der Waals surface area contributed by atoms with E-state index in [4.69, 9.17) is 5.11 Å². The summed E-state index contributed by atoms with van der Waals surface area (Å²) in [6.07, 6.45) is 6.02. The molecule has 0 bridgehead atoms. The summed E-state index contributed by atoms with van der Waals surface area (Å²) in [5.41, 5.74) is 0.396. The molecule has 0 fully saturated rings. The van der Waals surface area contributed by atoms with Crippen molar-refractivity contribution in [3.05, 3.63) is 41.2 Å². The van der Waals surface area contributed by atoms with Crippen LogP contribution in [0.3, 0.4) is 0 Å². The fourth-order valence-corrected chi connectivity index (χ4v) is 3.22. The monoisotopic (exact) mass is 364 g/mol. The van der Waals surface area contributed by atoms with Crippen molar-refractivity contribution in [2.24, 2.45) is 0 Å². The van der Waals surface area contributed by atoms with Gasteiger partial charge in [0.25, 0.3) is 5.91 Å². The Hall–Kier alpha value is -2.28. The average Bonchev–Trinajstić information content (AvgIpc) is 3.07. The van der Waals surface area contributed by atoms with Crippen molar-refractivity contribution in [2.75, 3.05) is 6.54 Å². The molecule has 0 aliphatic rings. The number of nitrogens with zero attached hydrogens (tertiary/aromatic N) is 1. The van der Waals surface area contributed by atoms with E-state index in [9.17, 15) is 14.0 Å². The van der Waals surface area contributed by atoms with Crippen molar-refractivity contribution in [1.82, 2.24) is 10.3 Å². The number of amides is 1. The Morgan fingerprint density at radius 1 is 1.12 bits per heavy atom. The van der Waals surface area contributed by atoms with E-state index >= 15 is 0 Å². The number of unbranched alkanes of at least 4 members (excludes halogenated alkanes) is 4. The first-order chi connectivity index (χ1) is 12.1. The minimum absolute atomic E-state index is 0.203. The van der Waals surface area contributed by atoms with Crippen LogP contribution in [-0.2, 0) is 4.79 Å². The van der Waals surface area contributed by atoms with Gasteiger partial charge in [-0.3, -0.25) is 9.59 Å². The lowest BCUT2D eigenvalue weighted by Crippen LogP contribution is -2.23. The number of hydrogen-bond acceptors (Lipinski definition) is 4. The van der Waals surface area contributed by atoms with Crippen LogP contribution < -0.4 is 5.32 Å². The second-order valence-corrected chi connectivity index (χ2v) is 6.71. The topological polar surface area (TPSA) is 79.3 Å². The molecule has 1 amide bonds. The molecular formula is C18H21FN2O3S. The lowest BCUT2D eigenvalue weighted by atomic mass is 10.1. The van der Waals surface area contributed by atoms with Crippen LogP contribution in [0.15, 0.2) is 30.5 Å². The van der Waals surface area contributed by atoms with Gasteiger partial charge in [-0.15, -0.1) is 11.3 Å². The summed E-state index contributed by atoms with van der Waals surface area (Å²) >= 11 is 1.17. The first-order valence-corrected chi connectivity index (χ1v) is 9.10. The van der Waals surface area contributed by atoms with Crippen molar-refractivity contribution < 1.29 is 19.1 Å². The summed E-state index contributed by atoms with van der Waals surface area (Å²) in [4.78, 5) is 27.1. The fraction of sp³-hybridized carbons (Fsp3) is 0.389. The van der Waals surface area contributed by atoms with Crippen LogP contribution in [-0.4, -0.2) is 28.5 Å². The van der Waals surface area contributed by atoms with Crippen LogP contribution in [0.4, 0.5) is 4.39 Å². The Morgan fingerprint density at radius 2 is 1.84 bits per heavy atom. The molecule has 1 heterocycles. The third-order valence-electron chi connectivity index (χ3n) is 3.69. The molecule has 1 aromatic heterocycles. The van der Waals surface area contributed by atoms with Crippen molar-refractivity contribution in [1.29, 1.82) is 0 Å². The van der Waals surface area contributed by atoms with Crippen molar-refractivity contribution in [3.8, 4) is 10.6 Å². The van der Waals surface area contributed by atoms with E-state index in [2.05, 4.69) is 10.3 Å². The first-order valence-electron chi connectivity index (χ1n) is 8.28. The minimum Gasteiger partial charge on any atom is -0.481 e. The zero-order valence-corrected chi connectivity index (χ0v) is 14.7. The number of benzene rings is 1. The van der Waals surface area contributed by atoms with E-state index < -0.39 is 5.97 Å². The molecule has 5 nitrogen and oxygen atoms in total. The van der Waals surface area contributed by atoms with Gasteiger partial charge in [0, 0.05) is 18.5 Å². The molecule has 0 unspecified atom stereocenters. The van der Waals surface area contributed by atoms with E-state index in [-0.39, 0.29) is 18.1 Å². The summed E-state index contributed by atoms with van der Waals surface area (Å²) in [5, 5.41) is 11.9. The van der Waals surface area contributed by atoms with Gasteiger partial charge in [0.15, 0.2) is 0 Å². The first kappa shape index (κ1) is 19.1. The maximum Gasteiger partial charge on any atom is 0.303 e. The number of rotatable bonds is 10. The van der Waals surface area contributed by atoms with E-state index in [1.807, 2.05) is 0 Å². The van der Waals surface area contributed by atoms with Gasteiger partial charge in [-0.05, 0) is 25.0 Å². The second-order valence-electron chi connectivity index (χ2n) is 5.68. The van der Waals surface area contributed by atoms with Crippen molar-refractivity contribution in [3.63, 3.8) is 0 Å². The van der Waals surface area contributed by atoms with Crippen LogP contribution >= 0.6 is 11.3 Å². The molecule has 0 radical (unpaired) electrons. The molecule has 1 aromatic carbocycles. The normalized spacial score (nSPS) is 10.6. The molecule has 2 rings (SSSR count). The highest BCUT2D eigenvalue weighted by atomic mass is 32.1. The SMILES string of the molecule is O=C(O)CCCCCCCNC(=O)c1cnc(-c2ccccc2F)s1. The van der Waals surface area contributed by atoms with E-state index in [0.29, 0.717) is 28.4 Å². The smallest absolute Gasteiger partial charge is 0.303 e. The predicted octanol–water partition coefficient (Wildman–Crippen LogP) is 4.10. The Bertz CT molecular complexity index is 718. The number of thiazole rings is 1. The summed E-state index contributed by atoms with van der Waals surface area (Å²) in [6.45, 7) is 0.560. The molecule has 7 heteroatoms. The van der Waals surface area contributed by atoms with Gasteiger partial charge >= 0.3 is 5.97 Å². The number of carboxylic acids is 1. The van der Waals surface area contributed by atoms with Gasteiger partial charge in [-0.25, -0.2) is 9.37 Å². The summed E-state index contributed by atoms with van der Waals surface area (Å²) in [6, 6.07) is 6.35. The van der Waals surface area contributed by atoms with Gasteiger partial charge in [0.05, 0.1) is 6.20 Å². The lowest BCUT2D eigenvalue weighted by Gasteiger charge is -2.03. The number of carbonyl (C=O) groups excluding carboxylic acids is 1. The van der Waals surface area contributed by atoms with Crippen LogP contribution in [0, 0.1) is 5.82 Å². The molecule has 0 spiro atoms. The highest BCUT2D eigenvalue weighted by molar-refractivity contribution is 7.16. The number of carboxylic acid groups (broad SMARTS) is 1. The molecule has 0 atom stereocenters. The summed E-state index contributed by atoms with van der Waals surface area (Å²) in [5.74, 6) is -1.32. The third-order valence-corrected chi connectivity index (χ3v) is 4.72. The average molecular weight is 364 g/mol. The molecule has 2 aromatic rings. The molecule has 0 saturated heterocycles. The van der Waals surface area contributed by atoms with Crippen LogP contribution in [0.25, 0.3) is 10.6 Å². The highest BCUT2D eigenvalue weighted by Crippen LogP contribution is 2.27. The maximum atomic E-state index is 13.7. The van der Waals surface area contributed by atoms with Gasteiger partial charge < -0.3 is 10.4 Å². The fourth-order valence-electron chi connectivity index (χ4n) is 2.36. The zero-order valence-electron chi connectivity index (χ0n) is 13.8. The maximum absolute atomic E-state index is 13.7. The van der Waals surface area contributed by atoms with Crippen LogP contribution in [0.1, 0.15) is 48.2 Å². The zero-order chi connectivity index (χ0) is 18.1. The van der Waals surface area contributed by atoms with E-state index in [0.717, 1.165) is 25.7 Å². The van der Waals surface area contributed by atoms with Crippen LogP contribution in [0.2, 0.25) is 0 Å². The second kappa shape index (κ2) is 9.88. The molecule has 25 heavy (non-hydrogen) atoms. The molecule has 134 valence electrons. The van der Waals surface area contributed by atoms with E-state index in [1.165, 1.54) is 23.6 Å². The number of nitrogens with one attached hydrogen (secondary N) is 1. The highest BCUT2D eigenvalue weighted by Gasteiger charge is 2.13. The number of halogens is 1. The Morgan fingerprint density at radius 3 is 2.60 bits per heavy atom. The Labute approximate surface area is 149 Å². The number of aliphatic carboxylic acids is 1. The van der Waals surface area contributed by atoms with Crippen molar-refractivity contribution in [2.45, 2.75) is 38.5 Å². The van der Waals surface area contributed by atoms with Crippen molar-refractivity contribution >= 4 is 23.2 Å².